The molecule has 0 rings (SSSR count). The van der Waals surface area contributed by atoms with E-state index in [9.17, 15) is 8.78 Å². The van der Waals surface area contributed by atoms with Crippen LogP contribution in [0.5, 0.6) is 0 Å². The lowest BCUT2D eigenvalue weighted by atomic mass is 10.4. The van der Waals surface area contributed by atoms with Crippen molar-refractivity contribution in [2.45, 2.75) is 12.8 Å². The van der Waals surface area contributed by atoms with E-state index >= 15 is 0 Å². The Morgan fingerprint density at radius 1 is 1.33 bits per heavy atom. The topological polar surface area (TPSA) is 3.24 Å². The summed E-state index contributed by atoms with van der Waals surface area (Å²) in [5.74, 6) is 0. The van der Waals surface area contributed by atoms with E-state index in [0.717, 1.165) is 0 Å². The van der Waals surface area contributed by atoms with Crippen LogP contribution in [-0.4, -0.2) is 32.0 Å². The normalized spacial score (nSPS) is 10.0. The number of alkyl halides is 2. The minimum absolute atomic E-state index is 0. The molecule has 58 valence electrons. The average Bonchev–Trinajstić information content (AvgIpc) is 1.61. The van der Waals surface area contributed by atoms with Crippen molar-refractivity contribution in [3.05, 3.63) is 0 Å². The predicted molar refractivity (Wildman–Crippen MR) is 36.4 cm³/mol. The third kappa shape index (κ3) is 11.6. The fourth-order valence-electron chi connectivity index (χ4n) is 0.356. The zero-order valence-corrected chi connectivity index (χ0v) is 6.42. The number of hydrogen-bond acceptors (Lipinski definition) is 1. The molecule has 0 aliphatic carbocycles. The molecule has 0 radical (unpaired) electrons. The van der Waals surface area contributed by atoms with E-state index in [2.05, 4.69) is 0 Å². The Morgan fingerprint density at radius 3 is 1.89 bits per heavy atom. The monoisotopic (exact) mass is 159 g/mol. The van der Waals surface area contributed by atoms with Gasteiger partial charge >= 0.3 is 0 Å². The van der Waals surface area contributed by atoms with Gasteiger partial charge in [-0.25, -0.2) is 8.78 Å². The lowest BCUT2D eigenvalue weighted by Crippen LogP contribution is -2.15. The number of halogens is 3. The summed E-state index contributed by atoms with van der Waals surface area (Å²) in [6.07, 6.45) is -2.18. The lowest BCUT2D eigenvalue weighted by molar-refractivity contribution is 0.126. The van der Waals surface area contributed by atoms with Gasteiger partial charge in [0.1, 0.15) is 0 Å². The smallest absolute Gasteiger partial charge is 0.239 e. The third-order valence-electron chi connectivity index (χ3n) is 0.795. The van der Waals surface area contributed by atoms with E-state index in [1.807, 2.05) is 0 Å². The summed E-state index contributed by atoms with van der Waals surface area (Å²) in [6, 6.07) is 0. The summed E-state index contributed by atoms with van der Waals surface area (Å²) >= 11 is 0. The second-order valence-electron chi connectivity index (χ2n) is 1.98. The highest BCUT2D eigenvalue weighted by molar-refractivity contribution is 5.85. The van der Waals surface area contributed by atoms with Crippen molar-refractivity contribution < 1.29 is 8.78 Å². The van der Waals surface area contributed by atoms with E-state index in [0.29, 0.717) is 6.54 Å². The van der Waals surface area contributed by atoms with Gasteiger partial charge in [-0.3, -0.25) is 0 Å². The molecule has 0 N–H and O–H groups in total. The van der Waals surface area contributed by atoms with E-state index in [1.54, 1.807) is 19.0 Å². The molecule has 4 heteroatoms. The van der Waals surface area contributed by atoms with Gasteiger partial charge in [-0.15, -0.1) is 12.4 Å². The molecular weight excluding hydrogens is 148 g/mol. The summed E-state index contributed by atoms with van der Waals surface area (Å²) in [4.78, 5) is 1.74. The number of rotatable bonds is 3. The molecular formula is C5H12ClF2N. The van der Waals surface area contributed by atoms with Gasteiger partial charge in [0, 0.05) is 13.0 Å². The van der Waals surface area contributed by atoms with E-state index in [-0.39, 0.29) is 18.8 Å². The van der Waals surface area contributed by atoms with Crippen molar-refractivity contribution in [1.29, 1.82) is 0 Å². The highest BCUT2D eigenvalue weighted by Crippen LogP contribution is 1.97. The van der Waals surface area contributed by atoms with E-state index in [1.165, 1.54) is 0 Å². The maximum atomic E-state index is 11.4. The van der Waals surface area contributed by atoms with Crippen molar-refractivity contribution >= 4 is 12.4 Å². The molecule has 1 nitrogen and oxygen atoms in total. The Kier molecular flexibility index (Phi) is 8.21. The SMILES string of the molecule is CN(C)CCC(F)F.Cl. The minimum atomic E-state index is -2.16. The first-order valence-electron chi connectivity index (χ1n) is 2.56. The first kappa shape index (κ1) is 11.9. The summed E-state index contributed by atoms with van der Waals surface area (Å²) in [5.41, 5.74) is 0. The standard InChI is InChI=1S/C5H11F2N.ClH/c1-8(2)4-3-5(6)7;/h5H,3-4H2,1-2H3;1H. The van der Waals surface area contributed by atoms with Gasteiger partial charge in [-0.1, -0.05) is 0 Å². The molecule has 0 fully saturated rings. The van der Waals surface area contributed by atoms with Gasteiger partial charge in [0.25, 0.3) is 0 Å². The van der Waals surface area contributed by atoms with E-state index in [4.69, 9.17) is 0 Å². The van der Waals surface area contributed by atoms with Crippen LogP contribution in [0, 0.1) is 0 Å². The third-order valence-corrected chi connectivity index (χ3v) is 0.795. The van der Waals surface area contributed by atoms with Crippen LogP contribution in [-0.2, 0) is 0 Å². The van der Waals surface area contributed by atoms with Crippen LogP contribution in [0.4, 0.5) is 8.78 Å². The van der Waals surface area contributed by atoms with Crippen molar-refractivity contribution in [3.63, 3.8) is 0 Å². The highest BCUT2D eigenvalue weighted by atomic mass is 35.5. The van der Waals surface area contributed by atoms with Crippen LogP contribution in [0.25, 0.3) is 0 Å². The summed E-state index contributed by atoms with van der Waals surface area (Å²) in [5, 5.41) is 0. The van der Waals surface area contributed by atoms with E-state index < -0.39 is 6.43 Å². The Balaban J connectivity index is 0. The molecule has 0 aromatic heterocycles. The molecule has 0 amide bonds. The summed E-state index contributed by atoms with van der Waals surface area (Å²) in [7, 11) is 3.56. The Morgan fingerprint density at radius 2 is 1.78 bits per heavy atom. The molecule has 0 saturated carbocycles. The first-order valence-corrected chi connectivity index (χ1v) is 2.56. The van der Waals surface area contributed by atoms with Crippen LogP contribution in [0.15, 0.2) is 0 Å². The van der Waals surface area contributed by atoms with Crippen molar-refractivity contribution in [2.24, 2.45) is 0 Å². The first-order chi connectivity index (χ1) is 3.63. The molecule has 0 aliphatic heterocycles. The molecule has 0 heterocycles. The fourth-order valence-corrected chi connectivity index (χ4v) is 0.356. The Bertz CT molecular complexity index is 50.9. The van der Waals surface area contributed by atoms with Crippen LogP contribution in [0.1, 0.15) is 6.42 Å². The quantitative estimate of drug-likeness (QED) is 0.605. The van der Waals surface area contributed by atoms with Crippen LogP contribution in [0.3, 0.4) is 0 Å². The maximum absolute atomic E-state index is 11.4. The number of nitrogens with zero attached hydrogens (tertiary/aromatic N) is 1. The largest absolute Gasteiger partial charge is 0.309 e. The van der Waals surface area contributed by atoms with Gasteiger partial charge in [-0.2, -0.15) is 0 Å². The Hall–Kier alpha value is 0.110. The molecule has 0 unspecified atom stereocenters. The van der Waals surface area contributed by atoms with Crippen molar-refractivity contribution in [2.75, 3.05) is 20.6 Å². The average molecular weight is 160 g/mol. The van der Waals surface area contributed by atoms with Gasteiger partial charge in [0.15, 0.2) is 0 Å². The summed E-state index contributed by atoms with van der Waals surface area (Å²) in [6.45, 7) is 0.470. The van der Waals surface area contributed by atoms with Gasteiger partial charge in [-0.05, 0) is 14.1 Å². The molecule has 0 bridgehead atoms. The second kappa shape index (κ2) is 6.23. The molecule has 0 saturated heterocycles. The van der Waals surface area contributed by atoms with Gasteiger partial charge < -0.3 is 4.90 Å². The zero-order chi connectivity index (χ0) is 6.57. The number of hydrogen-bond donors (Lipinski definition) is 0. The molecule has 0 aromatic carbocycles. The minimum Gasteiger partial charge on any atom is -0.309 e. The molecule has 0 aromatic rings. The predicted octanol–water partition coefficient (Wildman–Crippen LogP) is 1.62. The van der Waals surface area contributed by atoms with Crippen molar-refractivity contribution in [3.8, 4) is 0 Å². The molecule has 9 heavy (non-hydrogen) atoms. The van der Waals surface area contributed by atoms with Crippen LogP contribution < -0.4 is 0 Å². The lowest BCUT2D eigenvalue weighted by Gasteiger charge is -2.06. The Labute approximate surface area is 60.4 Å². The van der Waals surface area contributed by atoms with Gasteiger partial charge in [0.2, 0.25) is 6.43 Å². The molecule has 0 spiro atoms. The molecule has 0 aliphatic rings. The zero-order valence-electron chi connectivity index (χ0n) is 5.60. The van der Waals surface area contributed by atoms with Crippen LogP contribution in [0.2, 0.25) is 0 Å². The molecule has 0 atom stereocenters. The second-order valence-corrected chi connectivity index (χ2v) is 1.98. The van der Waals surface area contributed by atoms with Gasteiger partial charge in [0.05, 0.1) is 0 Å². The highest BCUT2D eigenvalue weighted by Gasteiger charge is 2.00. The maximum Gasteiger partial charge on any atom is 0.239 e. The van der Waals surface area contributed by atoms with Crippen LogP contribution >= 0.6 is 12.4 Å². The summed E-state index contributed by atoms with van der Waals surface area (Å²) < 4.78 is 22.7. The van der Waals surface area contributed by atoms with Crippen molar-refractivity contribution in [1.82, 2.24) is 4.90 Å². The fraction of sp³-hybridized carbons (Fsp3) is 1.00.